The summed E-state index contributed by atoms with van der Waals surface area (Å²) in [6, 6.07) is 61.5. The molecular formula is C56H36O4. The Balaban J connectivity index is 1.12. The number of phenolic OH excluding ortho intramolecular Hbond substituents is 4. The molecule has 11 aromatic carbocycles. The molecule has 0 bridgehead atoms. The van der Waals surface area contributed by atoms with Gasteiger partial charge in [-0.25, -0.2) is 0 Å². The van der Waals surface area contributed by atoms with Crippen molar-refractivity contribution in [3.05, 3.63) is 188 Å². The fourth-order valence-electron chi connectivity index (χ4n) is 9.38. The van der Waals surface area contributed by atoms with Crippen LogP contribution in [0.3, 0.4) is 0 Å². The summed E-state index contributed by atoms with van der Waals surface area (Å²) in [4.78, 5) is 0. The lowest BCUT2D eigenvalue weighted by molar-refractivity contribution is 0.362. The first kappa shape index (κ1) is 35.1. The van der Waals surface area contributed by atoms with E-state index in [1.54, 1.807) is 0 Å². The maximum atomic E-state index is 11.7. The molecule has 0 amide bonds. The van der Waals surface area contributed by atoms with Gasteiger partial charge >= 0.3 is 0 Å². The highest BCUT2D eigenvalue weighted by Gasteiger charge is 2.27. The average molecular weight is 773 g/mol. The van der Waals surface area contributed by atoms with Gasteiger partial charge < -0.3 is 20.4 Å². The fourth-order valence-corrected chi connectivity index (χ4v) is 9.38. The lowest BCUT2D eigenvalue weighted by Crippen LogP contribution is -1.94. The molecule has 0 atom stereocenters. The molecule has 11 rings (SSSR count). The third kappa shape index (κ3) is 5.25. The Bertz CT molecular complexity index is 3570. The molecule has 4 nitrogen and oxygen atoms in total. The summed E-state index contributed by atoms with van der Waals surface area (Å²) < 4.78 is 0. The number of hydrogen-bond acceptors (Lipinski definition) is 4. The summed E-state index contributed by atoms with van der Waals surface area (Å²) in [6.45, 7) is 3.76. The minimum atomic E-state index is -0.724. The minimum absolute atomic E-state index is 0.0130. The summed E-state index contributed by atoms with van der Waals surface area (Å²) in [5.41, 5.74) is 6.71. The van der Waals surface area contributed by atoms with Gasteiger partial charge in [0.25, 0.3) is 0 Å². The van der Waals surface area contributed by atoms with Crippen molar-refractivity contribution >= 4 is 70.7 Å². The number of rotatable bonds is 5. The van der Waals surface area contributed by atoms with E-state index in [4.69, 9.17) is 0 Å². The van der Waals surface area contributed by atoms with E-state index in [9.17, 15) is 20.4 Å². The van der Waals surface area contributed by atoms with Gasteiger partial charge in [0.1, 0.15) is 5.75 Å². The standard InChI is InChI=1S/C56H36O4/c1-2-39-53(57)52(55(59)56(60)54(39)58)51-46-19-11-10-18-45(46)50(47-27-25-36(31-49(47)51)32-12-4-3-5-13-32)38-23-22-33-28-34(20-21-35(33)29-38)37-24-26-44-42-16-7-6-14-40(42)41-15-8-9-17-43(41)48(44)30-37/h2-31,57-60H,1H2. The molecule has 11 aromatic rings. The van der Waals surface area contributed by atoms with Crippen LogP contribution < -0.4 is 0 Å². The zero-order valence-corrected chi connectivity index (χ0v) is 32.3. The Morgan fingerprint density at radius 2 is 0.717 bits per heavy atom. The normalized spacial score (nSPS) is 11.7. The largest absolute Gasteiger partial charge is 0.506 e. The van der Waals surface area contributed by atoms with Gasteiger partial charge in [0.2, 0.25) is 5.75 Å². The number of hydrogen-bond donors (Lipinski definition) is 4. The molecule has 0 aromatic heterocycles. The van der Waals surface area contributed by atoms with Crippen molar-refractivity contribution in [3.63, 3.8) is 0 Å². The second kappa shape index (κ2) is 13.5. The molecule has 0 radical (unpaired) electrons. The molecule has 0 aliphatic carbocycles. The zero-order valence-electron chi connectivity index (χ0n) is 32.3. The van der Waals surface area contributed by atoms with Crippen LogP contribution in [0.15, 0.2) is 183 Å². The molecule has 0 aliphatic heterocycles. The van der Waals surface area contributed by atoms with E-state index in [0.717, 1.165) is 65.7 Å². The first-order valence-electron chi connectivity index (χ1n) is 19.9. The SMILES string of the molecule is C=Cc1c(O)c(O)c(O)c(-c2c3ccccc3c(-c3ccc4cc(-c5ccc6c7ccccc7c7ccccc7c6c5)ccc4c3)c3ccc(-c4ccccc4)cc23)c1O. The number of aromatic hydroxyl groups is 4. The smallest absolute Gasteiger partial charge is 0.201 e. The molecule has 0 spiro atoms. The summed E-state index contributed by atoms with van der Waals surface area (Å²) in [5, 5.41) is 57.8. The second-order valence-corrected chi connectivity index (χ2v) is 15.4. The van der Waals surface area contributed by atoms with Crippen LogP contribution in [0, 0.1) is 0 Å². The van der Waals surface area contributed by atoms with Crippen molar-refractivity contribution in [3.8, 4) is 67.5 Å². The molecule has 0 heterocycles. The van der Waals surface area contributed by atoms with Crippen LogP contribution in [-0.2, 0) is 0 Å². The van der Waals surface area contributed by atoms with Crippen LogP contribution in [0.2, 0.25) is 0 Å². The summed E-state index contributed by atoms with van der Waals surface area (Å²) >= 11 is 0. The molecular weight excluding hydrogens is 737 g/mol. The molecule has 4 N–H and O–H groups in total. The Hall–Kier alpha value is -8.08. The molecule has 0 unspecified atom stereocenters. The van der Waals surface area contributed by atoms with Crippen LogP contribution >= 0.6 is 0 Å². The topological polar surface area (TPSA) is 80.9 Å². The number of phenols is 4. The van der Waals surface area contributed by atoms with Crippen molar-refractivity contribution in [2.75, 3.05) is 0 Å². The minimum Gasteiger partial charge on any atom is -0.506 e. The van der Waals surface area contributed by atoms with E-state index < -0.39 is 17.2 Å². The highest BCUT2D eigenvalue weighted by atomic mass is 16.3. The third-order valence-electron chi connectivity index (χ3n) is 12.2. The molecule has 284 valence electrons. The van der Waals surface area contributed by atoms with Gasteiger partial charge in [-0.2, -0.15) is 0 Å². The Morgan fingerprint density at radius 1 is 0.283 bits per heavy atom. The number of benzene rings is 11. The van der Waals surface area contributed by atoms with Crippen molar-refractivity contribution in [1.29, 1.82) is 0 Å². The van der Waals surface area contributed by atoms with Gasteiger partial charge in [-0.1, -0.05) is 164 Å². The molecule has 60 heavy (non-hydrogen) atoms. The van der Waals surface area contributed by atoms with E-state index in [1.165, 1.54) is 38.4 Å². The van der Waals surface area contributed by atoms with Crippen LogP contribution in [0.25, 0.3) is 115 Å². The molecule has 0 saturated heterocycles. The van der Waals surface area contributed by atoms with E-state index in [-0.39, 0.29) is 16.9 Å². The second-order valence-electron chi connectivity index (χ2n) is 15.4. The molecule has 0 aliphatic rings. The van der Waals surface area contributed by atoms with Crippen molar-refractivity contribution in [2.45, 2.75) is 0 Å². The first-order chi connectivity index (χ1) is 29.4. The van der Waals surface area contributed by atoms with Gasteiger partial charge in [0.05, 0.1) is 11.1 Å². The summed E-state index contributed by atoms with van der Waals surface area (Å²) in [5.74, 6) is -2.36. The Kier molecular flexibility index (Phi) is 7.91. The Morgan fingerprint density at radius 3 is 1.35 bits per heavy atom. The van der Waals surface area contributed by atoms with Gasteiger partial charge in [0, 0.05) is 5.56 Å². The zero-order chi connectivity index (χ0) is 40.6. The van der Waals surface area contributed by atoms with E-state index >= 15 is 0 Å². The van der Waals surface area contributed by atoms with Gasteiger partial charge in [-0.05, 0) is 122 Å². The summed E-state index contributed by atoms with van der Waals surface area (Å²) in [7, 11) is 0. The van der Waals surface area contributed by atoms with Crippen LogP contribution in [0.1, 0.15) is 5.56 Å². The lowest BCUT2D eigenvalue weighted by atomic mass is 9.83. The molecule has 0 saturated carbocycles. The molecule has 4 heteroatoms. The number of fused-ring (bicyclic) bond motifs is 9. The maximum absolute atomic E-state index is 11.7. The van der Waals surface area contributed by atoms with Gasteiger partial charge in [-0.15, -0.1) is 0 Å². The predicted molar refractivity (Wildman–Crippen MR) is 250 cm³/mol. The summed E-state index contributed by atoms with van der Waals surface area (Å²) in [6.07, 6.45) is 1.27. The van der Waals surface area contributed by atoms with Crippen LogP contribution in [0.5, 0.6) is 23.0 Å². The predicted octanol–water partition coefficient (Wildman–Crippen LogP) is 14.7. The van der Waals surface area contributed by atoms with Gasteiger partial charge in [0.15, 0.2) is 11.5 Å². The van der Waals surface area contributed by atoms with Crippen LogP contribution in [-0.4, -0.2) is 20.4 Å². The van der Waals surface area contributed by atoms with Crippen molar-refractivity contribution in [2.24, 2.45) is 0 Å². The first-order valence-corrected chi connectivity index (χ1v) is 19.9. The highest BCUT2D eigenvalue weighted by Crippen LogP contribution is 2.56. The average Bonchev–Trinajstić information content (AvgIpc) is 3.30. The third-order valence-corrected chi connectivity index (χ3v) is 12.2. The quantitative estimate of drug-likeness (QED) is 0.0608. The molecule has 0 fully saturated rings. The monoisotopic (exact) mass is 772 g/mol. The van der Waals surface area contributed by atoms with E-state index in [0.29, 0.717) is 5.56 Å². The van der Waals surface area contributed by atoms with Crippen molar-refractivity contribution < 1.29 is 20.4 Å². The highest BCUT2D eigenvalue weighted by molar-refractivity contribution is 6.26. The van der Waals surface area contributed by atoms with Crippen LogP contribution in [0.4, 0.5) is 0 Å². The lowest BCUT2D eigenvalue weighted by Gasteiger charge is -2.21. The maximum Gasteiger partial charge on any atom is 0.201 e. The van der Waals surface area contributed by atoms with E-state index in [2.05, 4.69) is 128 Å². The van der Waals surface area contributed by atoms with E-state index in [1.807, 2.05) is 54.6 Å². The van der Waals surface area contributed by atoms with Gasteiger partial charge in [-0.3, -0.25) is 0 Å². The van der Waals surface area contributed by atoms with Crippen molar-refractivity contribution in [1.82, 2.24) is 0 Å². The fraction of sp³-hybridized carbons (Fsp3) is 0. The Labute approximate surface area is 345 Å².